The summed E-state index contributed by atoms with van der Waals surface area (Å²) >= 11 is 6.44. The molecule has 0 bridgehead atoms. The highest BCUT2D eigenvalue weighted by Crippen LogP contribution is 2.32. The summed E-state index contributed by atoms with van der Waals surface area (Å²) in [5, 5.41) is 2.50. The van der Waals surface area contributed by atoms with E-state index in [0.717, 1.165) is 26.5 Å². The second-order valence-corrected chi connectivity index (χ2v) is 8.10. The van der Waals surface area contributed by atoms with Crippen LogP contribution in [0.15, 0.2) is 82.6 Å². The van der Waals surface area contributed by atoms with Gasteiger partial charge in [0.2, 0.25) is 0 Å². The first-order chi connectivity index (χ1) is 16.6. The Morgan fingerprint density at radius 3 is 2.68 bits per heavy atom. The van der Waals surface area contributed by atoms with E-state index in [1.807, 2.05) is 30.3 Å². The van der Waals surface area contributed by atoms with Gasteiger partial charge in [0, 0.05) is 34.7 Å². The molecule has 0 spiro atoms. The van der Waals surface area contributed by atoms with Crippen molar-refractivity contribution in [2.45, 2.75) is 0 Å². The van der Waals surface area contributed by atoms with E-state index in [0.29, 0.717) is 40.6 Å². The third-order valence-corrected chi connectivity index (χ3v) is 5.92. The number of halogens is 1. The van der Waals surface area contributed by atoms with Gasteiger partial charge in [-0.05, 0) is 35.9 Å². The Hall–Kier alpha value is -3.94. The number of pyridine rings is 1. The fourth-order valence-electron chi connectivity index (χ4n) is 3.94. The van der Waals surface area contributed by atoms with Gasteiger partial charge in [0.1, 0.15) is 12.4 Å². The summed E-state index contributed by atoms with van der Waals surface area (Å²) < 4.78 is 11.8. The van der Waals surface area contributed by atoms with Crippen LogP contribution in [0.1, 0.15) is 0 Å². The summed E-state index contributed by atoms with van der Waals surface area (Å²) in [4.78, 5) is 33.4. The fraction of sp³-hybridized carbons (Fsp3) is 0.115. The highest BCUT2D eigenvalue weighted by atomic mass is 35.5. The van der Waals surface area contributed by atoms with Gasteiger partial charge in [-0.1, -0.05) is 41.9 Å². The van der Waals surface area contributed by atoms with Gasteiger partial charge in [-0.25, -0.2) is 9.36 Å². The number of hydrogen-bond acceptors (Lipinski definition) is 5. The number of hydrogen-bond donors (Lipinski definition) is 1. The Morgan fingerprint density at radius 2 is 1.82 bits per heavy atom. The van der Waals surface area contributed by atoms with Crippen LogP contribution in [-0.4, -0.2) is 34.9 Å². The van der Waals surface area contributed by atoms with Crippen molar-refractivity contribution in [3.63, 3.8) is 0 Å². The van der Waals surface area contributed by atoms with Gasteiger partial charge in [-0.3, -0.25) is 9.78 Å². The molecule has 0 saturated carbocycles. The predicted octanol–water partition coefficient (Wildman–Crippen LogP) is 4.57. The van der Waals surface area contributed by atoms with Crippen molar-refractivity contribution in [3.05, 3.63) is 98.9 Å². The van der Waals surface area contributed by atoms with E-state index < -0.39 is 11.2 Å². The summed E-state index contributed by atoms with van der Waals surface area (Å²) in [7, 11) is 1.61. The standard InChI is InChI=1S/C26H20ClN3O4/c1-33-10-11-34-18-7-9-22(27)21(13-18)16-6-8-20-23(12-16)29-26(32)30(25(20)31)24-15-28-14-17-4-2-3-5-19(17)24/h2-9,12-15H,10-11H2,1H3,(H,29,32). The van der Waals surface area contributed by atoms with E-state index in [4.69, 9.17) is 21.1 Å². The lowest BCUT2D eigenvalue weighted by Crippen LogP contribution is -2.33. The second-order valence-electron chi connectivity index (χ2n) is 7.69. The van der Waals surface area contributed by atoms with Crippen molar-refractivity contribution >= 4 is 33.3 Å². The van der Waals surface area contributed by atoms with Crippen LogP contribution in [0.3, 0.4) is 0 Å². The Morgan fingerprint density at radius 1 is 0.971 bits per heavy atom. The van der Waals surface area contributed by atoms with Crippen molar-refractivity contribution in [2.24, 2.45) is 0 Å². The number of methoxy groups -OCH3 is 1. The maximum Gasteiger partial charge on any atom is 0.333 e. The fourth-order valence-corrected chi connectivity index (χ4v) is 4.17. The number of rotatable bonds is 6. The van der Waals surface area contributed by atoms with Gasteiger partial charge in [-0.15, -0.1) is 0 Å². The van der Waals surface area contributed by atoms with Gasteiger partial charge in [0.15, 0.2) is 0 Å². The molecule has 170 valence electrons. The summed E-state index contributed by atoms with van der Waals surface area (Å²) in [6.07, 6.45) is 3.22. The van der Waals surface area contributed by atoms with E-state index in [1.54, 1.807) is 43.6 Å². The van der Waals surface area contributed by atoms with Crippen LogP contribution in [-0.2, 0) is 4.74 Å². The lowest BCUT2D eigenvalue weighted by molar-refractivity contribution is 0.146. The van der Waals surface area contributed by atoms with Crippen molar-refractivity contribution in [3.8, 4) is 22.6 Å². The molecule has 5 rings (SSSR count). The molecule has 0 atom stereocenters. The van der Waals surface area contributed by atoms with Crippen LogP contribution < -0.4 is 16.0 Å². The largest absolute Gasteiger partial charge is 0.491 e. The van der Waals surface area contributed by atoms with Crippen LogP contribution in [0.2, 0.25) is 5.02 Å². The third-order valence-electron chi connectivity index (χ3n) is 5.59. The molecule has 2 aromatic heterocycles. The van der Waals surface area contributed by atoms with Crippen LogP contribution in [0.4, 0.5) is 0 Å². The maximum absolute atomic E-state index is 13.4. The number of aromatic nitrogens is 3. The molecule has 2 heterocycles. The molecule has 0 aliphatic heterocycles. The van der Waals surface area contributed by atoms with Crippen LogP contribution in [0.25, 0.3) is 38.5 Å². The number of nitrogens with one attached hydrogen (secondary N) is 1. The zero-order valence-electron chi connectivity index (χ0n) is 18.2. The topological polar surface area (TPSA) is 86.2 Å². The first-order valence-electron chi connectivity index (χ1n) is 10.6. The monoisotopic (exact) mass is 473 g/mol. The van der Waals surface area contributed by atoms with Crippen LogP contribution in [0, 0.1) is 0 Å². The summed E-state index contributed by atoms with van der Waals surface area (Å²) in [5.74, 6) is 0.643. The normalized spacial score (nSPS) is 11.2. The van der Waals surface area contributed by atoms with Crippen molar-refractivity contribution in [1.29, 1.82) is 0 Å². The average molecular weight is 474 g/mol. The van der Waals surface area contributed by atoms with Gasteiger partial charge < -0.3 is 14.5 Å². The number of aromatic amines is 1. The van der Waals surface area contributed by atoms with Gasteiger partial charge in [-0.2, -0.15) is 0 Å². The Bertz CT molecular complexity index is 1640. The molecule has 0 aliphatic carbocycles. The molecule has 0 aliphatic rings. The first-order valence-corrected chi connectivity index (χ1v) is 11.0. The quantitative estimate of drug-likeness (QED) is 0.365. The molecule has 1 N–H and O–H groups in total. The second kappa shape index (κ2) is 9.13. The summed E-state index contributed by atoms with van der Waals surface area (Å²) in [6.45, 7) is 0.874. The average Bonchev–Trinajstić information content (AvgIpc) is 2.85. The highest BCUT2D eigenvalue weighted by Gasteiger charge is 2.14. The van der Waals surface area contributed by atoms with E-state index in [-0.39, 0.29) is 0 Å². The van der Waals surface area contributed by atoms with Crippen LogP contribution >= 0.6 is 11.6 Å². The number of ether oxygens (including phenoxy) is 2. The minimum atomic E-state index is -0.546. The lowest BCUT2D eigenvalue weighted by Gasteiger charge is -2.12. The number of H-pyrrole nitrogens is 1. The highest BCUT2D eigenvalue weighted by molar-refractivity contribution is 6.33. The molecule has 5 aromatic rings. The zero-order valence-corrected chi connectivity index (χ0v) is 19.0. The molecule has 0 unspecified atom stereocenters. The Balaban J connectivity index is 1.62. The molecule has 3 aromatic carbocycles. The lowest BCUT2D eigenvalue weighted by atomic mass is 10.0. The summed E-state index contributed by atoms with van der Waals surface area (Å²) in [5.41, 5.74) is 1.34. The van der Waals surface area contributed by atoms with Crippen molar-refractivity contribution < 1.29 is 9.47 Å². The van der Waals surface area contributed by atoms with Crippen LogP contribution in [0.5, 0.6) is 5.75 Å². The molecule has 0 radical (unpaired) electrons. The van der Waals surface area contributed by atoms with E-state index in [1.165, 1.54) is 6.20 Å². The first kappa shape index (κ1) is 21.9. The summed E-state index contributed by atoms with van der Waals surface area (Å²) in [6, 6.07) is 18.1. The molecule has 0 amide bonds. The molecular formula is C26H20ClN3O4. The third kappa shape index (κ3) is 3.96. The van der Waals surface area contributed by atoms with Gasteiger partial charge in [0.25, 0.3) is 5.56 Å². The van der Waals surface area contributed by atoms with Crippen molar-refractivity contribution in [1.82, 2.24) is 14.5 Å². The smallest absolute Gasteiger partial charge is 0.333 e. The number of benzene rings is 3. The van der Waals surface area contributed by atoms with E-state index in [2.05, 4.69) is 9.97 Å². The van der Waals surface area contributed by atoms with Crippen molar-refractivity contribution in [2.75, 3.05) is 20.3 Å². The molecule has 34 heavy (non-hydrogen) atoms. The molecule has 0 fully saturated rings. The maximum atomic E-state index is 13.4. The molecule has 7 nitrogen and oxygen atoms in total. The minimum absolute atomic E-state index is 0.375. The zero-order chi connectivity index (χ0) is 23.7. The minimum Gasteiger partial charge on any atom is -0.491 e. The van der Waals surface area contributed by atoms with E-state index in [9.17, 15) is 9.59 Å². The Labute approximate surface area is 199 Å². The Kier molecular flexibility index (Phi) is 5.88. The number of nitrogens with zero attached hydrogens (tertiary/aromatic N) is 2. The SMILES string of the molecule is COCCOc1ccc(Cl)c(-c2ccc3c(=O)n(-c4cncc5ccccc45)c(=O)[nH]c3c2)c1. The molecule has 8 heteroatoms. The molecule has 0 saturated heterocycles. The molecular weight excluding hydrogens is 454 g/mol. The predicted molar refractivity (Wildman–Crippen MR) is 133 cm³/mol. The van der Waals surface area contributed by atoms with Gasteiger partial charge in [0.05, 0.1) is 29.4 Å². The number of fused-ring (bicyclic) bond motifs is 2. The van der Waals surface area contributed by atoms with E-state index >= 15 is 0 Å². The van der Waals surface area contributed by atoms with Gasteiger partial charge >= 0.3 is 5.69 Å².